The maximum absolute atomic E-state index is 13.4. The number of carbonyl (C=O) groups excluding carboxylic acids is 2. The second kappa shape index (κ2) is 8.61. The van der Waals surface area contributed by atoms with Gasteiger partial charge in [-0.15, -0.1) is 0 Å². The minimum Gasteiger partial charge on any atom is -0.367 e. The van der Waals surface area contributed by atoms with Gasteiger partial charge >= 0.3 is 6.18 Å². The van der Waals surface area contributed by atoms with Gasteiger partial charge in [-0.25, -0.2) is 0 Å². The van der Waals surface area contributed by atoms with Crippen molar-refractivity contribution < 1.29 is 22.8 Å². The van der Waals surface area contributed by atoms with Crippen molar-refractivity contribution in [2.75, 3.05) is 63.8 Å². The molecule has 0 atom stereocenters. The van der Waals surface area contributed by atoms with Crippen LogP contribution in [0.25, 0.3) is 0 Å². The van der Waals surface area contributed by atoms with Crippen LogP contribution in [0.4, 0.5) is 18.9 Å². The summed E-state index contributed by atoms with van der Waals surface area (Å²) >= 11 is 0. The molecule has 1 aromatic rings. The summed E-state index contributed by atoms with van der Waals surface area (Å²) in [4.78, 5) is 31.2. The van der Waals surface area contributed by atoms with Crippen LogP contribution in [0.15, 0.2) is 18.2 Å². The van der Waals surface area contributed by atoms with Gasteiger partial charge in [0.25, 0.3) is 0 Å². The van der Waals surface area contributed by atoms with Crippen molar-refractivity contribution in [1.29, 1.82) is 0 Å². The molecule has 0 aromatic heterocycles. The first-order valence-electron chi connectivity index (χ1n) is 9.83. The van der Waals surface area contributed by atoms with E-state index in [2.05, 4.69) is 0 Å². The number of anilines is 1. The van der Waals surface area contributed by atoms with Gasteiger partial charge in [-0.05, 0) is 19.1 Å². The molecular weight excluding hydrogens is 385 g/mol. The van der Waals surface area contributed by atoms with E-state index in [0.29, 0.717) is 57.9 Å². The second-order valence-electron chi connectivity index (χ2n) is 7.67. The topological polar surface area (TPSA) is 47.1 Å². The molecule has 0 saturated carbocycles. The molecule has 9 heteroatoms. The third-order valence-electron chi connectivity index (χ3n) is 5.61. The number of hydrogen-bond acceptors (Lipinski definition) is 4. The number of piperazine rings is 2. The predicted octanol–water partition coefficient (Wildman–Crippen LogP) is 1.83. The maximum atomic E-state index is 13.4. The highest BCUT2D eigenvalue weighted by Crippen LogP contribution is 2.37. The summed E-state index contributed by atoms with van der Waals surface area (Å²) in [5.41, 5.74) is 0.121. The van der Waals surface area contributed by atoms with Crippen LogP contribution in [0, 0.1) is 6.92 Å². The second-order valence-corrected chi connectivity index (χ2v) is 7.67. The van der Waals surface area contributed by atoms with E-state index in [1.807, 2.05) is 4.90 Å². The summed E-state index contributed by atoms with van der Waals surface area (Å²) in [6.45, 7) is 7.55. The van der Waals surface area contributed by atoms with Crippen LogP contribution >= 0.6 is 0 Å². The fraction of sp³-hybridized carbons (Fsp3) is 0.600. The Balaban J connectivity index is 1.55. The number of hydrogen-bond donors (Lipinski definition) is 0. The lowest BCUT2D eigenvalue weighted by Gasteiger charge is -2.39. The van der Waals surface area contributed by atoms with Gasteiger partial charge in [0.15, 0.2) is 0 Å². The van der Waals surface area contributed by atoms with Gasteiger partial charge in [0, 0.05) is 65.0 Å². The molecule has 3 rings (SSSR count). The molecule has 2 aliphatic heterocycles. The van der Waals surface area contributed by atoms with Crippen LogP contribution < -0.4 is 4.90 Å². The first-order chi connectivity index (χ1) is 13.6. The lowest BCUT2D eigenvalue weighted by Crippen LogP contribution is -2.54. The lowest BCUT2D eigenvalue weighted by atomic mass is 10.1. The Labute approximate surface area is 168 Å². The Kier molecular flexibility index (Phi) is 6.36. The van der Waals surface area contributed by atoms with Crippen molar-refractivity contribution in [3.63, 3.8) is 0 Å². The molecule has 2 fully saturated rings. The highest BCUT2D eigenvalue weighted by Gasteiger charge is 2.36. The summed E-state index contributed by atoms with van der Waals surface area (Å²) in [5, 5.41) is 0. The molecule has 2 heterocycles. The molecule has 2 aliphatic rings. The van der Waals surface area contributed by atoms with Gasteiger partial charge in [0.05, 0.1) is 12.1 Å². The SMILES string of the molecule is CC(=O)N1CCN(CC(=O)N2CCN(c3ccc(C)cc3C(F)(F)F)CC2)CC1. The standard InChI is InChI=1S/C20H27F3N4O2/c1-15-3-4-18(17(13-15)20(21,22)23)26-9-11-27(12-10-26)19(29)14-24-5-7-25(8-6-24)16(2)28/h3-4,13H,5-12,14H2,1-2H3. The Morgan fingerprint density at radius 2 is 1.52 bits per heavy atom. The molecular formula is C20H27F3N4O2. The summed E-state index contributed by atoms with van der Waals surface area (Å²) in [6.07, 6.45) is -4.41. The molecule has 0 bridgehead atoms. The highest BCUT2D eigenvalue weighted by molar-refractivity contribution is 5.79. The van der Waals surface area contributed by atoms with Crippen LogP contribution in [-0.4, -0.2) is 85.4 Å². The average molecular weight is 412 g/mol. The zero-order valence-electron chi connectivity index (χ0n) is 16.8. The zero-order valence-corrected chi connectivity index (χ0v) is 16.8. The van der Waals surface area contributed by atoms with Gasteiger partial charge in [0.1, 0.15) is 0 Å². The Morgan fingerprint density at radius 3 is 2.07 bits per heavy atom. The molecule has 6 nitrogen and oxygen atoms in total. The molecule has 160 valence electrons. The Hall–Kier alpha value is -2.29. The van der Waals surface area contributed by atoms with Crippen LogP contribution in [0.3, 0.4) is 0 Å². The average Bonchev–Trinajstić information content (AvgIpc) is 2.68. The Bertz CT molecular complexity index is 753. The number of rotatable bonds is 3. The van der Waals surface area contributed by atoms with Crippen LogP contribution in [-0.2, 0) is 15.8 Å². The van der Waals surface area contributed by atoms with Crippen LogP contribution in [0.2, 0.25) is 0 Å². The molecule has 0 aliphatic carbocycles. The smallest absolute Gasteiger partial charge is 0.367 e. The summed E-state index contributed by atoms with van der Waals surface area (Å²) in [5.74, 6) is 0.0299. The monoisotopic (exact) mass is 412 g/mol. The lowest BCUT2D eigenvalue weighted by molar-refractivity contribution is -0.138. The normalized spacial score (nSPS) is 18.9. The first kappa shape index (κ1) is 21.4. The first-order valence-corrected chi connectivity index (χ1v) is 9.83. The largest absolute Gasteiger partial charge is 0.418 e. The molecule has 2 amide bonds. The highest BCUT2D eigenvalue weighted by atomic mass is 19.4. The van der Waals surface area contributed by atoms with E-state index < -0.39 is 11.7 Å². The van der Waals surface area contributed by atoms with E-state index in [0.717, 1.165) is 0 Å². The molecule has 0 spiro atoms. The third-order valence-corrected chi connectivity index (χ3v) is 5.61. The quantitative estimate of drug-likeness (QED) is 0.760. The van der Waals surface area contributed by atoms with E-state index in [4.69, 9.17) is 0 Å². The molecule has 0 unspecified atom stereocenters. The minimum absolute atomic E-state index is 0.0131. The number of halogens is 3. The van der Waals surface area contributed by atoms with Crippen LogP contribution in [0.5, 0.6) is 0 Å². The molecule has 29 heavy (non-hydrogen) atoms. The summed E-state index contributed by atoms with van der Waals surface area (Å²) < 4.78 is 40.2. The van der Waals surface area contributed by atoms with Gasteiger partial charge in [-0.1, -0.05) is 11.6 Å². The third kappa shape index (κ3) is 5.20. The number of alkyl halides is 3. The number of amides is 2. The molecule has 0 radical (unpaired) electrons. The van der Waals surface area contributed by atoms with Crippen molar-refractivity contribution in [2.24, 2.45) is 0 Å². The van der Waals surface area contributed by atoms with E-state index in [9.17, 15) is 22.8 Å². The molecule has 1 aromatic carbocycles. The Morgan fingerprint density at radius 1 is 0.931 bits per heavy atom. The molecule has 2 saturated heterocycles. The number of carbonyl (C=O) groups is 2. The van der Waals surface area contributed by atoms with Crippen molar-refractivity contribution >= 4 is 17.5 Å². The predicted molar refractivity (Wildman–Crippen MR) is 104 cm³/mol. The van der Waals surface area contributed by atoms with Crippen molar-refractivity contribution in [3.05, 3.63) is 29.3 Å². The maximum Gasteiger partial charge on any atom is 0.418 e. The van der Waals surface area contributed by atoms with Crippen LogP contribution in [0.1, 0.15) is 18.1 Å². The number of benzene rings is 1. The molecule has 0 N–H and O–H groups in total. The van der Waals surface area contributed by atoms with Crippen molar-refractivity contribution in [3.8, 4) is 0 Å². The van der Waals surface area contributed by atoms with Gasteiger partial charge in [-0.2, -0.15) is 13.2 Å². The van der Waals surface area contributed by atoms with E-state index in [1.165, 1.54) is 12.1 Å². The van der Waals surface area contributed by atoms with Crippen molar-refractivity contribution in [2.45, 2.75) is 20.0 Å². The van der Waals surface area contributed by atoms with Gasteiger partial charge in [-0.3, -0.25) is 14.5 Å². The van der Waals surface area contributed by atoms with E-state index in [-0.39, 0.29) is 24.0 Å². The minimum atomic E-state index is -4.41. The summed E-state index contributed by atoms with van der Waals surface area (Å²) in [7, 11) is 0. The van der Waals surface area contributed by atoms with E-state index in [1.54, 1.807) is 34.6 Å². The van der Waals surface area contributed by atoms with E-state index >= 15 is 0 Å². The fourth-order valence-corrected chi connectivity index (χ4v) is 3.86. The number of aryl methyl sites for hydroxylation is 1. The fourth-order valence-electron chi connectivity index (χ4n) is 3.86. The zero-order chi connectivity index (χ0) is 21.2. The number of nitrogens with zero attached hydrogens (tertiary/aromatic N) is 4. The van der Waals surface area contributed by atoms with Gasteiger partial charge in [0.2, 0.25) is 11.8 Å². The van der Waals surface area contributed by atoms with Crippen molar-refractivity contribution in [1.82, 2.24) is 14.7 Å². The summed E-state index contributed by atoms with van der Waals surface area (Å²) in [6, 6.07) is 4.38. The van der Waals surface area contributed by atoms with Gasteiger partial charge < -0.3 is 14.7 Å².